The highest BCUT2D eigenvalue weighted by atomic mass is 32.2. The van der Waals surface area contributed by atoms with E-state index in [2.05, 4.69) is 0 Å². The number of halogens is 5. The van der Waals surface area contributed by atoms with Crippen LogP contribution in [0.5, 0.6) is 0 Å². The zero-order valence-corrected chi connectivity index (χ0v) is 17.0. The van der Waals surface area contributed by atoms with Crippen molar-refractivity contribution in [1.29, 1.82) is 0 Å². The van der Waals surface area contributed by atoms with Crippen molar-refractivity contribution in [2.75, 3.05) is 0 Å². The fourth-order valence-electron chi connectivity index (χ4n) is 4.00. The molecule has 0 aromatic heterocycles. The quantitative estimate of drug-likeness (QED) is 0.632. The summed E-state index contributed by atoms with van der Waals surface area (Å²) in [5.74, 6) is -2.68. The van der Waals surface area contributed by atoms with Gasteiger partial charge in [0.15, 0.2) is 0 Å². The van der Waals surface area contributed by atoms with Crippen molar-refractivity contribution in [2.24, 2.45) is 5.14 Å². The van der Waals surface area contributed by atoms with Crippen molar-refractivity contribution in [1.82, 2.24) is 4.72 Å². The number of rotatable bonds is 6. The van der Waals surface area contributed by atoms with E-state index in [4.69, 9.17) is 5.14 Å². The van der Waals surface area contributed by atoms with Gasteiger partial charge in [0.05, 0.1) is 4.75 Å². The number of primary sulfonamides is 1. The third-order valence-corrected chi connectivity index (χ3v) is 8.48. The first-order chi connectivity index (χ1) is 13.1. The summed E-state index contributed by atoms with van der Waals surface area (Å²) in [7, 11) is -9.96. The van der Waals surface area contributed by atoms with Crippen molar-refractivity contribution < 1.29 is 38.8 Å². The molecule has 1 aliphatic carbocycles. The molecule has 13 heteroatoms. The summed E-state index contributed by atoms with van der Waals surface area (Å²) in [5, 5.41) is 5.43. The second kappa shape index (κ2) is 8.08. The average molecular weight is 464 g/mol. The predicted molar refractivity (Wildman–Crippen MR) is 95.6 cm³/mol. The normalized spacial score (nSPS) is 25.0. The second-order valence-electron chi connectivity index (χ2n) is 7.08. The van der Waals surface area contributed by atoms with Gasteiger partial charge in [-0.1, -0.05) is 6.92 Å². The van der Waals surface area contributed by atoms with Crippen LogP contribution in [0.25, 0.3) is 0 Å². The fourth-order valence-corrected chi connectivity index (χ4v) is 6.30. The largest absolute Gasteiger partial charge is 0.511 e. The molecule has 0 saturated heterocycles. The van der Waals surface area contributed by atoms with Crippen molar-refractivity contribution in [2.45, 2.75) is 61.2 Å². The zero-order chi connectivity index (χ0) is 22.3. The van der Waals surface area contributed by atoms with E-state index in [-0.39, 0.29) is 37.7 Å². The highest BCUT2D eigenvalue weighted by Gasteiger charge is 2.53. The van der Waals surface area contributed by atoms with E-state index in [1.165, 1.54) is 4.72 Å². The van der Waals surface area contributed by atoms with Gasteiger partial charge in [0.2, 0.25) is 10.0 Å². The lowest BCUT2D eigenvalue weighted by molar-refractivity contribution is -0.0452. The average Bonchev–Trinajstić information content (AvgIpc) is 2.58. The molecule has 0 aliphatic heterocycles. The summed E-state index contributed by atoms with van der Waals surface area (Å²) in [6.07, 6.45) is -1.09. The molecule has 1 saturated carbocycles. The molecule has 0 heterocycles. The molecule has 1 atom stereocenters. The minimum Gasteiger partial charge on any atom is -0.228 e. The number of benzene rings is 1. The minimum atomic E-state index is -5.60. The third kappa shape index (κ3) is 4.72. The highest BCUT2D eigenvalue weighted by Crippen LogP contribution is 2.47. The highest BCUT2D eigenvalue weighted by molar-refractivity contribution is 7.90. The number of nitrogens with two attached hydrogens (primary N) is 1. The van der Waals surface area contributed by atoms with Crippen LogP contribution >= 0.6 is 0 Å². The van der Waals surface area contributed by atoms with Gasteiger partial charge < -0.3 is 0 Å². The van der Waals surface area contributed by atoms with E-state index in [9.17, 15) is 38.8 Å². The zero-order valence-electron chi connectivity index (χ0n) is 15.3. The lowest BCUT2D eigenvalue weighted by atomic mass is 9.73. The molecule has 1 aromatic carbocycles. The Hall–Kier alpha value is -1.31. The summed E-state index contributed by atoms with van der Waals surface area (Å²) in [6, 6.07) is 1.44. The topological polar surface area (TPSA) is 106 Å². The van der Waals surface area contributed by atoms with E-state index in [1.807, 2.05) is 0 Å². The van der Waals surface area contributed by atoms with Gasteiger partial charge in [0.25, 0.3) is 0 Å². The van der Waals surface area contributed by atoms with Crippen LogP contribution in [-0.2, 0) is 20.0 Å². The Morgan fingerprint density at radius 2 is 1.72 bits per heavy atom. The van der Waals surface area contributed by atoms with Gasteiger partial charge in [-0.25, -0.2) is 35.5 Å². The van der Waals surface area contributed by atoms with Crippen molar-refractivity contribution in [3.63, 3.8) is 0 Å². The first-order valence-corrected chi connectivity index (χ1v) is 11.7. The van der Waals surface area contributed by atoms with Crippen LogP contribution in [-0.4, -0.2) is 33.1 Å². The number of hydrogen-bond acceptors (Lipinski definition) is 4. The maximum absolute atomic E-state index is 14.3. The lowest BCUT2D eigenvalue weighted by Crippen LogP contribution is -2.54. The summed E-state index contributed by atoms with van der Waals surface area (Å²) in [6.45, 7) is 1.56. The monoisotopic (exact) mass is 464 g/mol. The molecular formula is C16H21F5N2O4S2. The van der Waals surface area contributed by atoms with E-state index in [0.717, 1.165) is 18.2 Å². The molecule has 2 rings (SSSR count). The number of nitrogens with one attached hydrogen (secondary N) is 1. The molecule has 29 heavy (non-hydrogen) atoms. The van der Waals surface area contributed by atoms with E-state index in [1.54, 1.807) is 6.92 Å². The van der Waals surface area contributed by atoms with Crippen LogP contribution in [0.1, 0.15) is 50.5 Å². The van der Waals surface area contributed by atoms with Crippen LogP contribution < -0.4 is 9.86 Å². The summed E-state index contributed by atoms with van der Waals surface area (Å²) < 4.78 is 113. The fraction of sp³-hybridized carbons (Fsp3) is 0.625. The molecule has 1 aromatic rings. The Kier molecular flexibility index (Phi) is 6.68. The Morgan fingerprint density at radius 1 is 1.17 bits per heavy atom. The molecule has 0 amide bonds. The van der Waals surface area contributed by atoms with Crippen LogP contribution in [0.4, 0.5) is 22.0 Å². The smallest absolute Gasteiger partial charge is 0.228 e. The lowest BCUT2D eigenvalue weighted by Gasteiger charge is -2.43. The van der Waals surface area contributed by atoms with E-state index < -0.39 is 53.9 Å². The molecule has 3 N–H and O–H groups in total. The van der Waals surface area contributed by atoms with Crippen LogP contribution in [0, 0.1) is 11.6 Å². The minimum absolute atomic E-state index is 0.0652. The van der Waals surface area contributed by atoms with Crippen molar-refractivity contribution >= 4 is 20.0 Å². The molecular weight excluding hydrogens is 443 g/mol. The molecule has 1 unspecified atom stereocenters. The molecule has 166 valence electrons. The van der Waals surface area contributed by atoms with Crippen molar-refractivity contribution in [3.8, 4) is 0 Å². The van der Waals surface area contributed by atoms with Crippen LogP contribution in [0.15, 0.2) is 18.2 Å². The Morgan fingerprint density at radius 3 is 2.17 bits per heavy atom. The molecule has 6 nitrogen and oxygen atoms in total. The first kappa shape index (κ1) is 24.0. The summed E-state index contributed by atoms with van der Waals surface area (Å²) >= 11 is 0. The van der Waals surface area contributed by atoms with E-state index >= 15 is 0 Å². The van der Waals surface area contributed by atoms with Crippen LogP contribution in [0.2, 0.25) is 0 Å². The maximum Gasteiger partial charge on any atom is 0.511 e. The third-order valence-electron chi connectivity index (χ3n) is 5.40. The summed E-state index contributed by atoms with van der Waals surface area (Å²) in [5.41, 5.74) is -5.70. The first-order valence-electron chi connectivity index (χ1n) is 8.70. The SMILES string of the molecule is CCC(c1cc(F)ccc1F)C1(S(N)(=O)=O)CCC(NS(=O)(=O)C(F)(F)F)CC1. The number of sulfonamides is 2. The van der Waals surface area contributed by atoms with E-state index in [0.29, 0.717) is 0 Å². The standard InChI is InChI=1S/C16H21F5N2O4S2/c1-2-13(12-9-10(17)3-4-14(12)18)15(28(22,24)25)7-5-11(6-8-15)23-29(26,27)16(19,20)21/h3-4,9,11,13,23H,2,5-8H2,1H3,(H2,22,24,25). The second-order valence-corrected chi connectivity index (χ2v) is 10.7. The maximum atomic E-state index is 14.3. The number of hydrogen-bond donors (Lipinski definition) is 2. The van der Waals surface area contributed by atoms with Gasteiger partial charge in [-0.15, -0.1) is 0 Å². The van der Waals surface area contributed by atoms with Gasteiger partial charge in [-0.3, -0.25) is 0 Å². The van der Waals surface area contributed by atoms with Crippen molar-refractivity contribution in [3.05, 3.63) is 35.4 Å². The molecule has 0 bridgehead atoms. The Labute approximate surface area is 165 Å². The molecule has 1 fully saturated rings. The molecule has 1 aliphatic rings. The predicted octanol–water partition coefficient (Wildman–Crippen LogP) is 2.87. The molecule has 0 radical (unpaired) electrons. The Bertz CT molecular complexity index is 956. The van der Waals surface area contributed by atoms with Gasteiger partial charge in [-0.05, 0) is 55.9 Å². The van der Waals surface area contributed by atoms with Gasteiger partial charge >= 0.3 is 15.5 Å². The number of alkyl halides is 3. The van der Waals surface area contributed by atoms with Crippen LogP contribution in [0.3, 0.4) is 0 Å². The van der Waals surface area contributed by atoms with Gasteiger partial charge in [0, 0.05) is 12.0 Å². The molecule has 0 spiro atoms. The van der Waals surface area contributed by atoms with Gasteiger partial charge in [-0.2, -0.15) is 13.2 Å². The summed E-state index contributed by atoms with van der Waals surface area (Å²) in [4.78, 5) is 0. The van der Waals surface area contributed by atoms with Gasteiger partial charge in [0.1, 0.15) is 11.6 Å². The Balaban J connectivity index is 2.38.